The van der Waals surface area contributed by atoms with Gasteiger partial charge >= 0.3 is 0 Å². The molecule has 2 heterocycles. The molecule has 1 aromatic heterocycles. The lowest BCUT2D eigenvalue weighted by Crippen LogP contribution is -2.50. The van der Waals surface area contributed by atoms with E-state index in [0.717, 1.165) is 53.5 Å². The lowest BCUT2D eigenvalue weighted by Gasteiger charge is -2.34. The number of amides is 2. The second-order valence-electron chi connectivity index (χ2n) is 8.98. The first-order chi connectivity index (χ1) is 14.9. The van der Waals surface area contributed by atoms with E-state index in [2.05, 4.69) is 29.8 Å². The summed E-state index contributed by atoms with van der Waals surface area (Å²) in [5, 5.41) is 4.81. The molecule has 0 atom stereocenters. The summed E-state index contributed by atoms with van der Waals surface area (Å²) in [6.07, 6.45) is 5.57. The average molecular weight is 487 g/mol. The van der Waals surface area contributed by atoms with Gasteiger partial charge < -0.3 is 9.80 Å². The van der Waals surface area contributed by atoms with E-state index >= 15 is 0 Å². The average Bonchev–Trinajstić information content (AvgIpc) is 3.17. The van der Waals surface area contributed by atoms with Crippen LogP contribution in [0.1, 0.15) is 61.3 Å². The largest absolute Gasteiger partial charge is 0.339 e. The number of fused-ring (bicyclic) bond motifs is 1. The van der Waals surface area contributed by atoms with Crippen LogP contribution >= 0.6 is 15.9 Å². The molecule has 31 heavy (non-hydrogen) atoms. The Hall–Kier alpha value is -2.15. The maximum Gasteiger partial charge on any atom is 0.274 e. The van der Waals surface area contributed by atoms with Gasteiger partial charge in [-0.1, -0.05) is 35.8 Å². The molecule has 0 bridgehead atoms. The molecular formula is C24H31BrN4O2. The van der Waals surface area contributed by atoms with Crippen molar-refractivity contribution >= 4 is 27.7 Å². The third-order valence-electron chi connectivity index (χ3n) is 6.29. The van der Waals surface area contributed by atoms with Crippen molar-refractivity contribution in [3.8, 4) is 5.69 Å². The Balaban J connectivity index is 1.50. The molecule has 1 saturated heterocycles. The van der Waals surface area contributed by atoms with E-state index in [0.29, 0.717) is 44.2 Å². The van der Waals surface area contributed by atoms with Crippen molar-refractivity contribution in [2.24, 2.45) is 5.92 Å². The zero-order chi connectivity index (χ0) is 22.0. The summed E-state index contributed by atoms with van der Waals surface area (Å²) in [6, 6.07) is 8.06. The third kappa shape index (κ3) is 4.86. The summed E-state index contributed by atoms with van der Waals surface area (Å²) in [5.41, 5.74) is 3.84. The summed E-state index contributed by atoms with van der Waals surface area (Å²) >= 11 is 3.54. The van der Waals surface area contributed by atoms with Crippen LogP contribution in [0.15, 0.2) is 28.7 Å². The highest BCUT2D eigenvalue weighted by Gasteiger charge is 2.31. The first-order valence-corrected chi connectivity index (χ1v) is 12.2. The van der Waals surface area contributed by atoms with Gasteiger partial charge in [-0.2, -0.15) is 5.10 Å². The molecular weight excluding hydrogens is 456 g/mol. The molecule has 2 aliphatic rings. The summed E-state index contributed by atoms with van der Waals surface area (Å²) in [7, 11) is 0. The fourth-order valence-electron chi connectivity index (χ4n) is 4.47. The molecule has 1 aromatic carbocycles. The number of aromatic nitrogens is 2. The molecule has 2 aromatic rings. The van der Waals surface area contributed by atoms with Gasteiger partial charge in [0.15, 0.2) is 5.69 Å². The van der Waals surface area contributed by atoms with E-state index in [9.17, 15) is 9.59 Å². The molecule has 166 valence electrons. The van der Waals surface area contributed by atoms with Crippen LogP contribution in [0.5, 0.6) is 0 Å². The van der Waals surface area contributed by atoms with Crippen LogP contribution in [0.3, 0.4) is 0 Å². The van der Waals surface area contributed by atoms with Crippen LogP contribution in [0.4, 0.5) is 0 Å². The number of hydrogen-bond donors (Lipinski definition) is 0. The number of piperazine rings is 1. The van der Waals surface area contributed by atoms with Crippen LogP contribution in [-0.4, -0.2) is 57.6 Å². The molecule has 1 fully saturated rings. The Morgan fingerprint density at radius 1 is 1.06 bits per heavy atom. The van der Waals surface area contributed by atoms with Crippen LogP contribution < -0.4 is 0 Å². The highest BCUT2D eigenvalue weighted by Crippen LogP contribution is 2.29. The Kier molecular flexibility index (Phi) is 6.80. The molecule has 4 rings (SSSR count). The molecule has 0 saturated carbocycles. The van der Waals surface area contributed by atoms with Gasteiger partial charge in [-0.3, -0.25) is 9.59 Å². The van der Waals surface area contributed by atoms with Gasteiger partial charge in [-0.25, -0.2) is 4.68 Å². The van der Waals surface area contributed by atoms with Crippen molar-refractivity contribution in [3.05, 3.63) is 45.7 Å². The van der Waals surface area contributed by atoms with Gasteiger partial charge in [0.2, 0.25) is 5.91 Å². The van der Waals surface area contributed by atoms with Crippen molar-refractivity contribution in [3.63, 3.8) is 0 Å². The van der Waals surface area contributed by atoms with Gasteiger partial charge in [0.25, 0.3) is 5.91 Å². The van der Waals surface area contributed by atoms with Crippen molar-refractivity contribution in [2.75, 3.05) is 26.2 Å². The minimum Gasteiger partial charge on any atom is -0.339 e. The maximum atomic E-state index is 13.4. The smallest absolute Gasteiger partial charge is 0.274 e. The third-order valence-corrected chi connectivity index (χ3v) is 6.78. The normalized spacial score (nSPS) is 16.5. The second-order valence-corrected chi connectivity index (χ2v) is 9.89. The van der Waals surface area contributed by atoms with Gasteiger partial charge in [-0.05, 0) is 56.2 Å². The number of benzene rings is 1. The first-order valence-electron chi connectivity index (χ1n) is 11.4. The van der Waals surface area contributed by atoms with Crippen LogP contribution in [0.25, 0.3) is 5.69 Å². The van der Waals surface area contributed by atoms with E-state index in [1.165, 1.54) is 0 Å². The standard InChI is InChI=1S/C24H31BrN4O2/c1-17(2)10-11-22(30)27-12-14-28(15-13-27)24(31)23-20-8-3-4-9-21(20)29(26-23)19-7-5-6-18(25)16-19/h5-7,16-17H,3-4,8-15H2,1-2H3. The molecule has 0 spiro atoms. The van der Waals surface area contributed by atoms with Crippen molar-refractivity contribution in [1.29, 1.82) is 0 Å². The highest BCUT2D eigenvalue weighted by atomic mass is 79.9. The minimum atomic E-state index is 0.00109. The summed E-state index contributed by atoms with van der Waals surface area (Å²) in [6.45, 7) is 6.64. The number of carbonyl (C=O) groups is 2. The molecule has 1 aliphatic heterocycles. The maximum absolute atomic E-state index is 13.4. The molecule has 2 amide bonds. The molecule has 1 aliphatic carbocycles. The lowest BCUT2D eigenvalue weighted by atomic mass is 9.95. The van der Waals surface area contributed by atoms with E-state index in [-0.39, 0.29) is 11.8 Å². The van der Waals surface area contributed by atoms with Crippen LogP contribution in [0.2, 0.25) is 0 Å². The number of carbonyl (C=O) groups excluding carboxylic acids is 2. The molecule has 6 nitrogen and oxygen atoms in total. The van der Waals surface area contributed by atoms with E-state index < -0.39 is 0 Å². The van der Waals surface area contributed by atoms with Gasteiger partial charge in [0.1, 0.15) is 0 Å². The van der Waals surface area contributed by atoms with Crippen molar-refractivity contribution in [2.45, 2.75) is 52.4 Å². The fraction of sp³-hybridized carbons (Fsp3) is 0.542. The van der Waals surface area contributed by atoms with Crippen molar-refractivity contribution in [1.82, 2.24) is 19.6 Å². The Labute approximate surface area is 192 Å². The zero-order valence-corrected chi connectivity index (χ0v) is 20.0. The first kappa shape index (κ1) is 22.1. The fourth-order valence-corrected chi connectivity index (χ4v) is 4.86. The van der Waals surface area contributed by atoms with E-state index in [1.54, 1.807) is 0 Å². The van der Waals surface area contributed by atoms with Crippen molar-refractivity contribution < 1.29 is 9.59 Å². The minimum absolute atomic E-state index is 0.00109. The lowest BCUT2D eigenvalue weighted by molar-refractivity contribution is -0.132. The predicted octanol–water partition coefficient (Wildman–Crippen LogP) is 4.23. The van der Waals surface area contributed by atoms with Crippen LogP contribution in [-0.2, 0) is 17.6 Å². The summed E-state index contributed by atoms with van der Waals surface area (Å²) in [4.78, 5) is 29.6. The Morgan fingerprint density at radius 2 is 1.77 bits per heavy atom. The quantitative estimate of drug-likeness (QED) is 0.634. The Morgan fingerprint density at radius 3 is 2.48 bits per heavy atom. The molecule has 7 heteroatoms. The SMILES string of the molecule is CC(C)CCC(=O)N1CCN(C(=O)c2nn(-c3cccc(Br)c3)c3c2CCCC3)CC1. The number of halogens is 1. The second kappa shape index (κ2) is 9.55. The van der Waals surface area contributed by atoms with E-state index in [4.69, 9.17) is 5.10 Å². The zero-order valence-electron chi connectivity index (χ0n) is 18.4. The monoisotopic (exact) mass is 486 g/mol. The number of hydrogen-bond acceptors (Lipinski definition) is 3. The van der Waals surface area contributed by atoms with Gasteiger partial charge in [0, 0.05) is 48.3 Å². The predicted molar refractivity (Wildman–Crippen MR) is 124 cm³/mol. The molecule has 0 unspecified atom stereocenters. The number of rotatable bonds is 5. The molecule has 0 radical (unpaired) electrons. The highest BCUT2D eigenvalue weighted by molar-refractivity contribution is 9.10. The summed E-state index contributed by atoms with van der Waals surface area (Å²) < 4.78 is 2.95. The Bertz CT molecular complexity index is 960. The van der Waals surface area contributed by atoms with Gasteiger partial charge in [0.05, 0.1) is 5.69 Å². The summed E-state index contributed by atoms with van der Waals surface area (Å²) in [5.74, 6) is 0.733. The van der Waals surface area contributed by atoms with Gasteiger partial charge in [-0.15, -0.1) is 0 Å². The van der Waals surface area contributed by atoms with E-state index in [1.807, 2.05) is 38.7 Å². The number of nitrogens with zero attached hydrogens (tertiary/aromatic N) is 4. The topological polar surface area (TPSA) is 58.4 Å². The van der Waals surface area contributed by atoms with Crippen LogP contribution in [0, 0.1) is 5.92 Å². The molecule has 0 N–H and O–H groups in total.